The largest absolute Gasteiger partial charge is 0.444 e. The predicted octanol–water partition coefficient (Wildman–Crippen LogP) is 6.13. The third-order valence-electron chi connectivity index (χ3n) is 5.92. The van der Waals surface area contributed by atoms with Gasteiger partial charge in [-0.05, 0) is 53.0 Å². The van der Waals surface area contributed by atoms with E-state index in [9.17, 15) is 14.4 Å². The topological polar surface area (TPSA) is 87.7 Å². The summed E-state index contributed by atoms with van der Waals surface area (Å²) in [5.41, 5.74) is 0.0786. The van der Waals surface area contributed by atoms with Crippen molar-refractivity contribution in [2.75, 3.05) is 6.54 Å². The summed E-state index contributed by atoms with van der Waals surface area (Å²) in [6.07, 6.45) is 7.55. The van der Waals surface area contributed by atoms with E-state index in [-0.39, 0.29) is 17.9 Å². The zero-order valence-corrected chi connectivity index (χ0v) is 23.6. The van der Waals surface area contributed by atoms with Crippen molar-refractivity contribution in [1.29, 1.82) is 0 Å². The Balaban J connectivity index is 3.19. The monoisotopic (exact) mass is 503 g/mol. The van der Waals surface area contributed by atoms with E-state index in [0.29, 0.717) is 6.54 Å². The highest BCUT2D eigenvalue weighted by Crippen LogP contribution is 2.24. The fourth-order valence-corrected chi connectivity index (χ4v) is 4.16. The molecule has 7 heteroatoms. The zero-order chi connectivity index (χ0) is 27.1. The van der Waals surface area contributed by atoms with Crippen molar-refractivity contribution < 1.29 is 19.1 Å². The Morgan fingerprint density at radius 2 is 1.50 bits per heavy atom. The van der Waals surface area contributed by atoms with E-state index in [2.05, 4.69) is 24.5 Å². The van der Waals surface area contributed by atoms with Gasteiger partial charge in [-0.25, -0.2) is 4.79 Å². The third-order valence-corrected chi connectivity index (χ3v) is 5.92. The molecule has 0 radical (unpaired) electrons. The molecular weight excluding hydrogens is 454 g/mol. The number of hydrogen-bond donors (Lipinski definition) is 2. The minimum atomic E-state index is -0.841. The van der Waals surface area contributed by atoms with Gasteiger partial charge in [0.2, 0.25) is 11.8 Å². The lowest BCUT2D eigenvalue weighted by molar-refractivity contribution is -0.142. The number of unbranched alkanes of at least 4 members (excludes halogenated alkanes) is 5. The summed E-state index contributed by atoms with van der Waals surface area (Å²) in [7, 11) is 0. The maximum absolute atomic E-state index is 13.7. The van der Waals surface area contributed by atoms with E-state index >= 15 is 0 Å². The minimum absolute atomic E-state index is 0.00276. The average molecular weight is 504 g/mol. The van der Waals surface area contributed by atoms with E-state index in [1.54, 1.807) is 32.6 Å². The second kappa shape index (κ2) is 16.2. The van der Waals surface area contributed by atoms with Crippen molar-refractivity contribution in [3.05, 3.63) is 35.9 Å². The van der Waals surface area contributed by atoms with Crippen LogP contribution in [0.5, 0.6) is 0 Å². The first-order valence-electron chi connectivity index (χ1n) is 13.6. The Hall–Kier alpha value is -2.57. The lowest BCUT2D eigenvalue weighted by atomic mass is 10.0. The molecule has 0 heterocycles. The van der Waals surface area contributed by atoms with E-state index in [1.807, 2.05) is 37.3 Å². The molecule has 0 fully saturated rings. The van der Waals surface area contributed by atoms with Gasteiger partial charge in [-0.2, -0.15) is 0 Å². The van der Waals surface area contributed by atoms with Crippen LogP contribution in [0.25, 0.3) is 0 Å². The van der Waals surface area contributed by atoms with Gasteiger partial charge in [0, 0.05) is 12.6 Å². The molecule has 3 unspecified atom stereocenters. The Morgan fingerprint density at radius 1 is 0.889 bits per heavy atom. The molecule has 36 heavy (non-hydrogen) atoms. The highest BCUT2D eigenvalue weighted by Gasteiger charge is 2.34. The van der Waals surface area contributed by atoms with Crippen molar-refractivity contribution in [1.82, 2.24) is 15.5 Å². The number of benzene rings is 1. The molecule has 0 aromatic heterocycles. The van der Waals surface area contributed by atoms with Gasteiger partial charge in [-0.1, -0.05) is 82.7 Å². The quantitative estimate of drug-likeness (QED) is 0.282. The summed E-state index contributed by atoms with van der Waals surface area (Å²) in [6, 6.07) is 7.78. The Kier molecular flexibility index (Phi) is 14.2. The molecule has 0 aliphatic rings. The molecule has 1 aromatic carbocycles. The molecule has 3 atom stereocenters. The van der Waals surface area contributed by atoms with Gasteiger partial charge < -0.3 is 20.3 Å². The second-order valence-electron chi connectivity index (χ2n) is 10.7. The molecule has 0 bridgehead atoms. The number of carbonyl (C=O) groups excluding carboxylic acids is 3. The van der Waals surface area contributed by atoms with Crippen LogP contribution in [-0.2, 0) is 14.3 Å². The molecule has 1 rings (SSSR count). The third kappa shape index (κ3) is 11.9. The van der Waals surface area contributed by atoms with Crippen LogP contribution in [0.3, 0.4) is 0 Å². The molecule has 3 amide bonds. The van der Waals surface area contributed by atoms with Crippen molar-refractivity contribution in [3.8, 4) is 0 Å². The van der Waals surface area contributed by atoms with E-state index in [4.69, 9.17) is 4.74 Å². The maximum atomic E-state index is 13.7. The minimum Gasteiger partial charge on any atom is -0.444 e. The number of hydrogen-bond acceptors (Lipinski definition) is 4. The second-order valence-corrected chi connectivity index (χ2v) is 10.7. The van der Waals surface area contributed by atoms with Gasteiger partial charge in [0.05, 0.1) is 0 Å². The van der Waals surface area contributed by atoms with Gasteiger partial charge in [0.1, 0.15) is 17.7 Å². The zero-order valence-electron chi connectivity index (χ0n) is 23.6. The summed E-state index contributed by atoms with van der Waals surface area (Å²) >= 11 is 0. The summed E-state index contributed by atoms with van der Waals surface area (Å²) in [5.74, 6) is -0.507. The molecule has 0 aliphatic heterocycles. The van der Waals surface area contributed by atoms with Crippen LogP contribution in [0.15, 0.2) is 30.3 Å². The van der Waals surface area contributed by atoms with E-state index < -0.39 is 23.8 Å². The Morgan fingerprint density at radius 3 is 2.08 bits per heavy atom. The predicted molar refractivity (Wildman–Crippen MR) is 146 cm³/mol. The number of nitrogens with zero attached hydrogens (tertiary/aromatic N) is 1. The van der Waals surface area contributed by atoms with Crippen molar-refractivity contribution in [3.63, 3.8) is 0 Å². The van der Waals surface area contributed by atoms with Crippen LogP contribution in [0, 0.1) is 0 Å². The molecule has 0 aliphatic carbocycles. The summed E-state index contributed by atoms with van der Waals surface area (Å²) in [4.78, 5) is 41.3. The number of alkyl carbamates (subject to hydrolysis) is 1. The smallest absolute Gasteiger partial charge is 0.408 e. The first-order valence-corrected chi connectivity index (χ1v) is 13.6. The maximum Gasteiger partial charge on any atom is 0.408 e. The van der Waals surface area contributed by atoms with Crippen LogP contribution in [0.4, 0.5) is 4.79 Å². The summed E-state index contributed by atoms with van der Waals surface area (Å²) in [5, 5.41) is 5.76. The van der Waals surface area contributed by atoms with Gasteiger partial charge in [0.25, 0.3) is 0 Å². The highest BCUT2D eigenvalue weighted by molar-refractivity contribution is 5.92. The lowest BCUT2D eigenvalue weighted by Crippen LogP contribution is -2.52. The number of amides is 3. The normalized spacial score (nSPS) is 13.9. The SMILES string of the molecule is CCCCCCCCN(C(=O)C(C)NC(=O)OC(C)(C)C)C(C(=O)NC(C)CCC)c1ccccc1. The van der Waals surface area contributed by atoms with Crippen LogP contribution in [-0.4, -0.2) is 47.0 Å². The van der Waals surface area contributed by atoms with Crippen LogP contribution in [0.2, 0.25) is 0 Å². The average Bonchev–Trinajstić information content (AvgIpc) is 2.79. The van der Waals surface area contributed by atoms with Crippen molar-refractivity contribution in [2.24, 2.45) is 0 Å². The number of rotatable bonds is 15. The fourth-order valence-electron chi connectivity index (χ4n) is 4.16. The van der Waals surface area contributed by atoms with Gasteiger partial charge in [0.15, 0.2) is 0 Å². The first-order chi connectivity index (χ1) is 17.0. The van der Waals surface area contributed by atoms with Gasteiger partial charge in [-0.3, -0.25) is 9.59 Å². The summed E-state index contributed by atoms with van der Waals surface area (Å²) < 4.78 is 5.35. The van der Waals surface area contributed by atoms with Crippen molar-refractivity contribution >= 4 is 17.9 Å². The van der Waals surface area contributed by atoms with Crippen LogP contribution in [0.1, 0.15) is 111 Å². The van der Waals surface area contributed by atoms with Crippen LogP contribution < -0.4 is 10.6 Å². The molecule has 0 saturated heterocycles. The number of carbonyl (C=O) groups is 3. The first kappa shape index (κ1) is 31.5. The van der Waals surface area contributed by atoms with Gasteiger partial charge in [-0.15, -0.1) is 0 Å². The molecule has 7 nitrogen and oxygen atoms in total. The Bertz CT molecular complexity index is 791. The number of ether oxygens (including phenoxy) is 1. The highest BCUT2D eigenvalue weighted by atomic mass is 16.6. The van der Waals surface area contributed by atoms with Crippen molar-refractivity contribution in [2.45, 2.75) is 124 Å². The van der Waals surface area contributed by atoms with Gasteiger partial charge >= 0.3 is 6.09 Å². The lowest BCUT2D eigenvalue weighted by Gasteiger charge is -2.34. The summed E-state index contributed by atoms with van der Waals surface area (Å²) in [6.45, 7) is 13.6. The standard InChI is InChI=1S/C29H49N3O4/c1-8-10-11-12-13-17-21-32(27(34)23(4)31-28(35)36-29(5,6)7)25(24-19-15-14-16-20-24)26(33)30-22(3)18-9-2/h14-16,19-20,22-23,25H,8-13,17-18,21H2,1-7H3,(H,30,33)(H,31,35). The number of nitrogens with one attached hydrogen (secondary N) is 2. The molecule has 2 N–H and O–H groups in total. The van der Waals surface area contributed by atoms with E-state index in [1.165, 1.54) is 12.8 Å². The fraction of sp³-hybridized carbons (Fsp3) is 0.690. The molecule has 0 saturated carbocycles. The molecular formula is C29H49N3O4. The molecule has 0 spiro atoms. The van der Waals surface area contributed by atoms with Crippen LogP contribution >= 0.6 is 0 Å². The molecule has 204 valence electrons. The Labute approximate surface area is 218 Å². The molecule has 1 aromatic rings. The van der Waals surface area contributed by atoms with E-state index in [0.717, 1.165) is 44.1 Å².